The first-order valence-electron chi connectivity index (χ1n) is 6.63. The molecule has 0 saturated heterocycles. The molecule has 24 heavy (non-hydrogen) atoms. The number of nitriles is 1. The molecule has 0 heterocycles. The molecule has 0 spiro atoms. The number of hydrogen-bond donors (Lipinski definition) is 2. The molecule has 0 aliphatic heterocycles. The minimum atomic E-state index is -1.12. The van der Waals surface area contributed by atoms with Crippen LogP contribution in [0.5, 0.6) is 0 Å². The first-order chi connectivity index (χ1) is 11.4. The zero-order chi connectivity index (χ0) is 17.7. The van der Waals surface area contributed by atoms with Gasteiger partial charge < -0.3 is 10.4 Å². The van der Waals surface area contributed by atoms with Crippen LogP contribution in [0.15, 0.2) is 48.0 Å². The summed E-state index contributed by atoms with van der Waals surface area (Å²) in [7, 11) is 0. The molecule has 0 unspecified atom stereocenters. The molecule has 5 nitrogen and oxygen atoms in total. The third kappa shape index (κ3) is 3.81. The van der Waals surface area contributed by atoms with E-state index in [-0.39, 0.29) is 11.3 Å². The molecule has 2 aromatic carbocycles. The Morgan fingerprint density at radius 1 is 1.08 bits per heavy atom. The third-order valence-corrected chi connectivity index (χ3v) is 3.04. The number of nitrogens with zero attached hydrogens (tertiary/aromatic N) is 1. The van der Waals surface area contributed by atoms with E-state index in [1.165, 1.54) is 24.3 Å². The standard InChI is InChI=1S/C17H10F2N2O3/c18-14-2-1-3-15(19)13(14)8-11(9-20)16(22)21-12-6-4-10(5-7-12)17(23)24/h1-8H,(H,21,22)(H,23,24)/b11-8+. The van der Waals surface area contributed by atoms with E-state index >= 15 is 0 Å². The van der Waals surface area contributed by atoms with Crippen LogP contribution in [0.25, 0.3) is 6.08 Å². The van der Waals surface area contributed by atoms with Crippen LogP contribution in [0.2, 0.25) is 0 Å². The first kappa shape index (κ1) is 16.8. The quantitative estimate of drug-likeness (QED) is 0.666. The van der Waals surface area contributed by atoms with E-state index in [9.17, 15) is 18.4 Å². The molecule has 0 bridgehead atoms. The van der Waals surface area contributed by atoms with Gasteiger partial charge in [-0.1, -0.05) is 6.07 Å². The minimum absolute atomic E-state index is 0.0254. The average Bonchev–Trinajstić information content (AvgIpc) is 2.55. The molecule has 1 amide bonds. The van der Waals surface area contributed by atoms with Crippen molar-refractivity contribution in [1.29, 1.82) is 5.26 Å². The van der Waals surface area contributed by atoms with E-state index in [1.807, 2.05) is 0 Å². The SMILES string of the molecule is N#C/C(=C\c1c(F)cccc1F)C(=O)Nc1ccc(C(=O)O)cc1. The van der Waals surface area contributed by atoms with E-state index in [0.29, 0.717) is 0 Å². The molecule has 120 valence electrons. The van der Waals surface area contributed by atoms with Crippen molar-refractivity contribution < 1.29 is 23.5 Å². The highest BCUT2D eigenvalue weighted by Crippen LogP contribution is 2.17. The maximum absolute atomic E-state index is 13.6. The Hall–Kier alpha value is -3.53. The minimum Gasteiger partial charge on any atom is -0.478 e. The largest absolute Gasteiger partial charge is 0.478 e. The maximum atomic E-state index is 13.6. The maximum Gasteiger partial charge on any atom is 0.335 e. The van der Waals surface area contributed by atoms with Crippen LogP contribution in [0.4, 0.5) is 14.5 Å². The molecule has 2 rings (SSSR count). The van der Waals surface area contributed by atoms with Crippen LogP contribution in [-0.2, 0) is 4.79 Å². The smallest absolute Gasteiger partial charge is 0.335 e. The van der Waals surface area contributed by atoms with Crippen molar-refractivity contribution in [3.8, 4) is 6.07 Å². The van der Waals surface area contributed by atoms with Crippen LogP contribution >= 0.6 is 0 Å². The first-order valence-corrected chi connectivity index (χ1v) is 6.63. The Morgan fingerprint density at radius 2 is 1.67 bits per heavy atom. The Labute approximate surface area is 135 Å². The summed E-state index contributed by atoms with van der Waals surface area (Å²) in [5.74, 6) is -3.80. The van der Waals surface area contributed by atoms with Gasteiger partial charge in [0.2, 0.25) is 0 Å². The van der Waals surface area contributed by atoms with Crippen LogP contribution < -0.4 is 5.32 Å². The van der Waals surface area contributed by atoms with Gasteiger partial charge in [-0.05, 0) is 42.5 Å². The summed E-state index contributed by atoms with van der Waals surface area (Å²) in [6.45, 7) is 0. The van der Waals surface area contributed by atoms with Crippen LogP contribution in [0, 0.1) is 23.0 Å². The van der Waals surface area contributed by atoms with Crippen molar-refractivity contribution >= 4 is 23.6 Å². The molecule has 0 radical (unpaired) electrons. The highest BCUT2D eigenvalue weighted by molar-refractivity contribution is 6.09. The van der Waals surface area contributed by atoms with Crippen LogP contribution in [-0.4, -0.2) is 17.0 Å². The van der Waals surface area contributed by atoms with Crippen molar-refractivity contribution in [1.82, 2.24) is 0 Å². The van der Waals surface area contributed by atoms with E-state index in [1.54, 1.807) is 6.07 Å². The molecular formula is C17H10F2N2O3. The number of carbonyl (C=O) groups is 2. The van der Waals surface area contributed by atoms with Gasteiger partial charge in [0.15, 0.2) is 0 Å². The van der Waals surface area contributed by atoms with Crippen molar-refractivity contribution in [2.24, 2.45) is 0 Å². The Bertz CT molecular complexity index is 848. The Balaban J connectivity index is 2.25. The topological polar surface area (TPSA) is 90.2 Å². The van der Waals surface area contributed by atoms with E-state index < -0.39 is 34.6 Å². The van der Waals surface area contributed by atoms with Gasteiger partial charge in [0.1, 0.15) is 23.3 Å². The number of halogens is 2. The monoisotopic (exact) mass is 328 g/mol. The fraction of sp³-hybridized carbons (Fsp3) is 0. The summed E-state index contributed by atoms with van der Waals surface area (Å²) in [6, 6.07) is 9.96. The van der Waals surface area contributed by atoms with Crippen molar-refractivity contribution in [3.05, 3.63) is 70.8 Å². The summed E-state index contributed by atoms with van der Waals surface area (Å²) in [6.07, 6.45) is 0.811. The number of benzene rings is 2. The predicted molar refractivity (Wildman–Crippen MR) is 82.0 cm³/mol. The number of nitrogens with one attached hydrogen (secondary N) is 1. The average molecular weight is 328 g/mol. The lowest BCUT2D eigenvalue weighted by Crippen LogP contribution is -2.13. The number of carboxylic acid groups (broad SMARTS) is 1. The molecule has 2 aromatic rings. The van der Waals surface area contributed by atoms with Crippen LogP contribution in [0.3, 0.4) is 0 Å². The molecule has 0 aliphatic carbocycles. The second kappa shape index (κ2) is 7.15. The molecule has 0 fully saturated rings. The Morgan fingerprint density at radius 3 is 2.17 bits per heavy atom. The van der Waals surface area contributed by atoms with E-state index in [4.69, 9.17) is 10.4 Å². The lowest BCUT2D eigenvalue weighted by Gasteiger charge is -2.05. The summed E-state index contributed by atoms with van der Waals surface area (Å²) in [4.78, 5) is 22.8. The van der Waals surface area contributed by atoms with Gasteiger partial charge in [-0.2, -0.15) is 5.26 Å². The molecule has 0 aromatic heterocycles. The summed E-state index contributed by atoms with van der Waals surface area (Å²) < 4.78 is 27.2. The molecule has 0 saturated carbocycles. The summed E-state index contributed by atoms with van der Waals surface area (Å²) >= 11 is 0. The highest BCUT2D eigenvalue weighted by atomic mass is 19.1. The second-order valence-electron chi connectivity index (χ2n) is 4.64. The van der Waals surface area contributed by atoms with E-state index in [2.05, 4.69) is 5.32 Å². The fourth-order valence-electron chi connectivity index (χ4n) is 1.84. The highest BCUT2D eigenvalue weighted by Gasteiger charge is 2.13. The van der Waals surface area contributed by atoms with Gasteiger partial charge in [0, 0.05) is 11.3 Å². The number of amides is 1. The lowest BCUT2D eigenvalue weighted by molar-refractivity contribution is -0.112. The third-order valence-electron chi connectivity index (χ3n) is 3.04. The lowest BCUT2D eigenvalue weighted by atomic mass is 10.1. The number of carbonyl (C=O) groups excluding carboxylic acids is 1. The normalized spacial score (nSPS) is 10.8. The van der Waals surface area contributed by atoms with Gasteiger partial charge in [-0.25, -0.2) is 13.6 Å². The zero-order valence-corrected chi connectivity index (χ0v) is 12.1. The molecular weight excluding hydrogens is 318 g/mol. The molecule has 2 N–H and O–H groups in total. The van der Waals surface area contributed by atoms with Gasteiger partial charge in [0.05, 0.1) is 5.56 Å². The summed E-state index contributed by atoms with van der Waals surface area (Å²) in [5, 5.41) is 20.2. The fourth-order valence-corrected chi connectivity index (χ4v) is 1.84. The molecule has 0 atom stereocenters. The van der Waals surface area contributed by atoms with Gasteiger partial charge in [0.25, 0.3) is 5.91 Å². The van der Waals surface area contributed by atoms with Gasteiger partial charge in [-0.15, -0.1) is 0 Å². The molecule has 7 heteroatoms. The van der Waals surface area contributed by atoms with E-state index in [0.717, 1.165) is 24.3 Å². The number of aromatic carboxylic acids is 1. The van der Waals surface area contributed by atoms with Gasteiger partial charge in [-0.3, -0.25) is 4.79 Å². The van der Waals surface area contributed by atoms with Crippen molar-refractivity contribution in [2.75, 3.05) is 5.32 Å². The summed E-state index contributed by atoms with van der Waals surface area (Å²) in [5.41, 5.74) is -0.732. The zero-order valence-electron chi connectivity index (χ0n) is 12.1. The molecule has 0 aliphatic rings. The van der Waals surface area contributed by atoms with Crippen LogP contribution in [0.1, 0.15) is 15.9 Å². The predicted octanol–water partition coefficient (Wildman–Crippen LogP) is 3.21. The van der Waals surface area contributed by atoms with Crippen molar-refractivity contribution in [2.45, 2.75) is 0 Å². The number of hydrogen-bond acceptors (Lipinski definition) is 3. The van der Waals surface area contributed by atoms with Gasteiger partial charge >= 0.3 is 5.97 Å². The Kier molecular flexibility index (Phi) is 5.02. The number of anilines is 1. The van der Waals surface area contributed by atoms with Crippen molar-refractivity contribution in [3.63, 3.8) is 0 Å². The number of carboxylic acids is 1. The second-order valence-corrected chi connectivity index (χ2v) is 4.64. The number of rotatable bonds is 4.